The van der Waals surface area contributed by atoms with Crippen molar-refractivity contribution in [3.05, 3.63) is 29.3 Å². The lowest BCUT2D eigenvalue weighted by atomic mass is 10.2. The van der Waals surface area contributed by atoms with Gasteiger partial charge in [0.2, 0.25) is 5.88 Å². The van der Waals surface area contributed by atoms with Gasteiger partial charge in [-0.15, -0.1) is 0 Å². The summed E-state index contributed by atoms with van der Waals surface area (Å²) in [4.78, 5) is 0. The van der Waals surface area contributed by atoms with Gasteiger partial charge in [-0.1, -0.05) is 13.3 Å². The van der Waals surface area contributed by atoms with Crippen molar-refractivity contribution >= 4 is 0 Å². The molecule has 0 aromatic carbocycles. The van der Waals surface area contributed by atoms with E-state index in [1.807, 2.05) is 6.92 Å². The van der Waals surface area contributed by atoms with Crippen LogP contribution in [-0.2, 0) is 4.74 Å². The van der Waals surface area contributed by atoms with Crippen LogP contribution in [0, 0.1) is 5.21 Å². The molecule has 0 saturated carbocycles. The van der Waals surface area contributed by atoms with Crippen LogP contribution in [0.15, 0.2) is 24.1 Å². The van der Waals surface area contributed by atoms with Gasteiger partial charge in [0, 0.05) is 5.70 Å². The standard InChI is InChI=1S/C7H10NO3/c1-2-3-6-4-11-5-7(9)8(6)10/h4-5,9H,2-3H2,1H3/q-1. The number of aliphatic hydroxyl groups excluding tert-OH is 1. The van der Waals surface area contributed by atoms with Crippen LogP contribution >= 0.6 is 0 Å². The van der Waals surface area contributed by atoms with Crippen LogP contribution in [0.5, 0.6) is 0 Å². The second kappa shape index (κ2) is 3.30. The van der Waals surface area contributed by atoms with Gasteiger partial charge in [0.1, 0.15) is 12.5 Å². The van der Waals surface area contributed by atoms with E-state index >= 15 is 0 Å². The summed E-state index contributed by atoms with van der Waals surface area (Å²) in [6.07, 6.45) is 3.81. The second-order valence-corrected chi connectivity index (χ2v) is 2.27. The van der Waals surface area contributed by atoms with E-state index in [1.54, 1.807) is 0 Å². The minimum atomic E-state index is -0.393. The molecule has 1 aliphatic rings. The van der Waals surface area contributed by atoms with Gasteiger partial charge in [-0.3, -0.25) is 0 Å². The summed E-state index contributed by atoms with van der Waals surface area (Å²) in [6, 6.07) is 0. The normalized spacial score (nSPS) is 17.1. The SMILES string of the molecule is CCCC1=COC=C(O)N1[O-]. The maximum atomic E-state index is 11.0. The lowest BCUT2D eigenvalue weighted by Crippen LogP contribution is -2.17. The maximum absolute atomic E-state index is 11.0. The lowest BCUT2D eigenvalue weighted by Gasteiger charge is -2.32. The smallest absolute Gasteiger partial charge is 0.216 e. The molecule has 0 radical (unpaired) electrons. The Balaban J connectivity index is 2.60. The Bertz CT molecular complexity index is 198. The molecule has 0 unspecified atom stereocenters. The molecule has 0 amide bonds. The van der Waals surface area contributed by atoms with E-state index in [9.17, 15) is 5.21 Å². The summed E-state index contributed by atoms with van der Waals surface area (Å²) < 4.78 is 4.70. The first kappa shape index (κ1) is 7.94. The fourth-order valence-electron chi connectivity index (χ4n) is 0.833. The highest BCUT2D eigenvalue weighted by Gasteiger charge is 2.07. The second-order valence-electron chi connectivity index (χ2n) is 2.27. The molecular formula is C7H10NO3-. The zero-order valence-electron chi connectivity index (χ0n) is 6.28. The van der Waals surface area contributed by atoms with Crippen LogP contribution in [0.1, 0.15) is 19.8 Å². The van der Waals surface area contributed by atoms with Gasteiger partial charge in [-0.2, -0.15) is 0 Å². The van der Waals surface area contributed by atoms with Crippen molar-refractivity contribution in [1.29, 1.82) is 0 Å². The van der Waals surface area contributed by atoms with Gasteiger partial charge >= 0.3 is 0 Å². The molecular weight excluding hydrogens is 146 g/mol. The third kappa shape index (κ3) is 1.65. The highest BCUT2D eigenvalue weighted by molar-refractivity contribution is 5.10. The predicted molar refractivity (Wildman–Crippen MR) is 40.0 cm³/mol. The Hall–Kier alpha value is -1.16. The Labute approximate surface area is 65.0 Å². The van der Waals surface area contributed by atoms with Crippen molar-refractivity contribution in [3.8, 4) is 0 Å². The van der Waals surface area contributed by atoms with E-state index < -0.39 is 5.88 Å². The minimum absolute atomic E-state index is 0.393. The van der Waals surface area contributed by atoms with Crippen LogP contribution in [0.3, 0.4) is 0 Å². The third-order valence-corrected chi connectivity index (χ3v) is 1.35. The zero-order chi connectivity index (χ0) is 8.27. The molecule has 11 heavy (non-hydrogen) atoms. The van der Waals surface area contributed by atoms with Gasteiger partial charge in [0.05, 0.1) is 0 Å². The van der Waals surface area contributed by atoms with Crippen molar-refractivity contribution in [1.82, 2.24) is 5.06 Å². The van der Waals surface area contributed by atoms with E-state index in [0.717, 1.165) is 12.7 Å². The lowest BCUT2D eigenvalue weighted by molar-refractivity contribution is 0.219. The number of hydrogen-bond donors (Lipinski definition) is 1. The number of hydroxylamine groups is 2. The average molecular weight is 156 g/mol. The Kier molecular flexibility index (Phi) is 2.38. The maximum Gasteiger partial charge on any atom is 0.216 e. The van der Waals surface area contributed by atoms with E-state index in [2.05, 4.69) is 0 Å². The summed E-state index contributed by atoms with van der Waals surface area (Å²) in [5, 5.41) is 20.3. The first-order valence-corrected chi connectivity index (χ1v) is 3.46. The molecule has 0 atom stereocenters. The van der Waals surface area contributed by atoms with E-state index in [-0.39, 0.29) is 0 Å². The van der Waals surface area contributed by atoms with E-state index in [4.69, 9.17) is 9.84 Å². The van der Waals surface area contributed by atoms with Gasteiger partial charge in [0.15, 0.2) is 0 Å². The summed E-state index contributed by atoms with van der Waals surface area (Å²) in [7, 11) is 0. The Morgan fingerprint density at radius 3 is 3.00 bits per heavy atom. The highest BCUT2D eigenvalue weighted by Crippen LogP contribution is 2.18. The zero-order valence-corrected chi connectivity index (χ0v) is 6.28. The number of allylic oxidation sites excluding steroid dienone is 1. The van der Waals surface area contributed by atoms with Gasteiger partial charge in [0.25, 0.3) is 0 Å². The topological polar surface area (TPSA) is 55.8 Å². The molecule has 1 aliphatic heterocycles. The largest absolute Gasteiger partial charge is 0.752 e. The van der Waals surface area contributed by atoms with E-state index in [1.165, 1.54) is 6.26 Å². The van der Waals surface area contributed by atoms with Crippen LogP contribution in [0.2, 0.25) is 0 Å². The number of nitrogens with zero attached hydrogens (tertiary/aromatic N) is 1. The number of rotatable bonds is 2. The minimum Gasteiger partial charge on any atom is -0.752 e. The predicted octanol–water partition coefficient (Wildman–Crippen LogP) is 1.81. The number of hydrogen-bond acceptors (Lipinski definition) is 4. The summed E-state index contributed by atoms with van der Waals surface area (Å²) in [6.45, 7) is 1.95. The van der Waals surface area contributed by atoms with Crippen molar-refractivity contribution < 1.29 is 9.84 Å². The molecule has 0 aliphatic carbocycles. The molecule has 1 N–H and O–H groups in total. The Morgan fingerprint density at radius 2 is 2.36 bits per heavy atom. The van der Waals surface area contributed by atoms with Crippen molar-refractivity contribution in [2.75, 3.05) is 0 Å². The molecule has 4 heteroatoms. The van der Waals surface area contributed by atoms with Crippen molar-refractivity contribution in [2.24, 2.45) is 0 Å². The molecule has 0 bridgehead atoms. The quantitative estimate of drug-likeness (QED) is 0.662. The first-order valence-electron chi connectivity index (χ1n) is 3.46. The van der Waals surface area contributed by atoms with Crippen LogP contribution in [-0.4, -0.2) is 10.2 Å². The fraction of sp³-hybridized carbons (Fsp3) is 0.429. The molecule has 1 heterocycles. The monoisotopic (exact) mass is 156 g/mol. The molecule has 0 fully saturated rings. The highest BCUT2D eigenvalue weighted by atomic mass is 16.6. The van der Waals surface area contributed by atoms with Crippen LogP contribution in [0.4, 0.5) is 0 Å². The average Bonchev–Trinajstić information content (AvgIpc) is 1.99. The summed E-state index contributed by atoms with van der Waals surface area (Å²) >= 11 is 0. The molecule has 1 rings (SSSR count). The molecule has 0 aromatic heterocycles. The third-order valence-electron chi connectivity index (χ3n) is 1.35. The van der Waals surface area contributed by atoms with Gasteiger partial charge in [-0.25, -0.2) is 0 Å². The molecule has 4 nitrogen and oxygen atoms in total. The van der Waals surface area contributed by atoms with E-state index in [0.29, 0.717) is 17.2 Å². The molecule has 0 saturated heterocycles. The number of aliphatic hydroxyl groups is 1. The van der Waals surface area contributed by atoms with Crippen LogP contribution < -0.4 is 0 Å². The Morgan fingerprint density at radius 1 is 1.64 bits per heavy atom. The van der Waals surface area contributed by atoms with Crippen molar-refractivity contribution in [3.63, 3.8) is 0 Å². The molecule has 62 valence electrons. The van der Waals surface area contributed by atoms with Crippen LogP contribution in [0.25, 0.3) is 0 Å². The van der Waals surface area contributed by atoms with Gasteiger partial charge in [-0.05, 0) is 6.42 Å². The summed E-state index contributed by atoms with van der Waals surface area (Å²) in [5.41, 5.74) is 0.451. The number of ether oxygens (including phenoxy) is 1. The van der Waals surface area contributed by atoms with Crippen molar-refractivity contribution in [2.45, 2.75) is 19.8 Å². The fourth-order valence-corrected chi connectivity index (χ4v) is 0.833. The molecule has 0 spiro atoms. The van der Waals surface area contributed by atoms with Gasteiger partial charge < -0.3 is 20.1 Å². The molecule has 0 aromatic rings. The summed E-state index contributed by atoms with van der Waals surface area (Å²) in [5.74, 6) is -0.393. The first-order chi connectivity index (χ1) is 5.25.